The fourth-order valence-electron chi connectivity index (χ4n) is 2.71. The molecule has 1 unspecified atom stereocenters. The first-order chi connectivity index (χ1) is 9.99. The Morgan fingerprint density at radius 3 is 2.67 bits per heavy atom. The first-order valence-corrected chi connectivity index (χ1v) is 7.71. The van der Waals surface area contributed by atoms with E-state index >= 15 is 0 Å². The van der Waals surface area contributed by atoms with Gasteiger partial charge in [-0.05, 0) is 36.8 Å². The lowest BCUT2D eigenvalue weighted by Gasteiger charge is -2.19. The quantitative estimate of drug-likeness (QED) is 0.906. The predicted molar refractivity (Wildman–Crippen MR) is 82.7 cm³/mol. The molecule has 3 rings (SSSR count). The lowest BCUT2D eigenvalue weighted by Crippen LogP contribution is -2.16. The van der Waals surface area contributed by atoms with Crippen LogP contribution in [0.25, 0.3) is 11.0 Å². The van der Waals surface area contributed by atoms with Crippen molar-refractivity contribution < 1.29 is 9.90 Å². The number of aromatic carboxylic acids is 1. The Morgan fingerprint density at radius 2 is 2.10 bits per heavy atom. The molecule has 1 atom stereocenters. The minimum Gasteiger partial charge on any atom is -0.478 e. The number of benzene rings is 1. The highest BCUT2D eigenvalue weighted by molar-refractivity contribution is 6.01. The zero-order chi connectivity index (χ0) is 15.1. The number of aromatic nitrogens is 2. The third-order valence-corrected chi connectivity index (χ3v) is 4.58. The molecule has 1 saturated carbocycles. The van der Waals surface area contributed by atoms with Crippen molar-refractivity contribution in [3.05, 3.63) is 29.6 Å². The topological polar surface area (TPSA) is 55.1 Å². The molecule has 1 fully saturated rings. The molecule has 1 aromatic heterocycles. The van der Waals surface area contributed by atoms with E-state index in [1.165, 1.54) is 12.8 Å². The first-order valence-electron chi connectivity index (χ1n) is 7.71. The Hall–Kier alpha value is -1.84. The summed E-state index contributed by atoms with van der Waals surface area (Å²) in [4.78, 5) is 16.3. The molecule has 112 valence electrons. The van der Waals surface area contributed by atoms with Crippen molar-refractivity contribution >= 4 is 17.0 Å². The van der Waals surface area contributed by atoms with Crippen LogP contribution < -0.4 is 0 Å². The molecule has 2 aromatic rings. The van der Waals surface area contributed by atoms with E-state index in [2.05, 4.69) is 25.3 Å². The van der Waals surface area contributed by atoms with E-state index in [1.54, 1.807) is 12.1 Å². The third-order valence-electron chi connectivity index (χ3n) is 4.58. The van der Waals surface area contributed by atoms with Gasteiger partial charge in [0.15, 0.2) is 0 Å². The number of carboxylic acid groups (broad SMARTS) is 1. The maximum absolute atomic E-state index is 11.5. The van der Waals surface area contributed by atoms with Crippen LogP contribution in [0.4, 0.5) is 0 Å². The van der Waals surface area contributed by atoms with Crippen molar-refractivity contribution in [3.8, 4) is 0 Å². The summed E-state index contributed by atoms with van der Waals surface area (Å²) < 4.78 is 2.17. The van der Waals surface area contributed by atoms with Crippen LogP contribution >= 0.6 is 0 Å². The second kappa shape index (κ2) is 5.17. The van der Waals surface area contributed by atoms with Crippen LogP contribution in [0, 0.1) is 11.8 Å². The molecule has 1 aliphatic carbocycles. The summed E-state index contributed by atoms with van der Waals surface area (Å²) in [6.45, 7) is 7.47. The van der Waals surface area contributed by atoms with E-state index in [0.717, 1.165) is 23.4 Å². The number of hydrogen-bond donors (Lipinski definition) is 1. The van der Waals surface area contributed by atoms with Crippen molar-refractivity contribution in [2.24, 2.45) is 11.8 Å². The number of nitrogens with zero attached hydrogens (tertiary/aromatic N) is 2. The van der Waals surface area contributed by atoms with Gasteiger partial charge in [0.05, 0.1) is 16.6 Å². The summed E-state index contributed by atoms with van der Waals surface area (Å²) in [6, 6.07) is 5.38. The Bertz CT molecular complexity index is 683. The summed E-state index contributed by atoms with van der Waals surface area (Å²) in [7, 11) is 0. The van der Waals surface area contributed by atoms with Gasteiger partial charge in [0.2, 0.25) is 0 Å². The van der Waals surface area contributed by atoms with Crippen molar-refractivity contribution in [1.29, 1.82) is 0 Å². The molecule has 1 aliphatic rings. The van der Waals surface area contributed by atoms with Crippen LogP contribution in [0.1, 0.15) is 55.7 Å². The SMILES string of the molecule is CC(C)C(C)Cn1c(C2CC2)nc2cccc(C(=O)O)c21. The van der Waals surface area contributed by atoms with Gasteiger partial charge in [-0.1, -0.05) is 26.8 Å². The van der Waals surface area contributed by atoms with E-state index in [9.17, 15) is 9.90 Å². The molecule has 0 amide bonds. The average Bonchev–Trinajstić information content (AvgIpc) is 3.21. The molecule has 4 heteroatoms. The molecule has 0 spiro atoms. The molecular formula is C17H22N2O2. The van der Waals surface area contributed by atoms with Crippen molar-refractivity contribution in [2.45, 2.75) is 46.1 Å². The smallest absolute Gasteiger partial charge is 0.337 e. The van der Waals surface area contributed by atoms with E-state index in [1.807, 2.05) is 6.07 Å². The van der Waals surface area contributed by atoms with Crippen LogP contribution in [0.15, 0.2) is 18.2 Å². The van der Waals surface area contributed by atoms with Crippen LogP contribution in [0.2, 0.25) is 0 Å². The van der Waals surface area contributed by atoms with E-state index in [0.29, 0.717) is 23.3 Å². The van der Waals surface area contributed by atoms with Crippen molar-refractivity contribution in [3.63, 3.8) is 0 Å². The van der Waals surface area contributed by atoms with Crippen LogP contribution in [0.5, 0.6) is 0 Å². The summed E-state index contributed by atoms with van der Waals surface area (Å²) in [6.07, 6.45) is 2.34. The van der Waals surface area contributed by atoms with Gasteiger partial charge in [-0.2, -0.15) is 0 Å². The number of para-hydroxylation sites is 1. The average molecular weight is 286 g/mol. The van der Waals surface area contributed by atoms with Gasteiger partial charge in [-0.3, -0.25) is 0 Å². The number of carbonyl (C=O) groups is 1. The van der Waals surface area contributed by atoms with Crippen LogP contribution in [0.3, 0.4) is 0 Å². The summed E-state index contributed by atoms with van der Waals surface area (Å²) >= 11 is 0. The fraction of sp³-hybridized carbons (Fsp3) is 0.529. The minimum atomic E-state index is -0.874. The molecule has 1 N–H and O–H groups in total. The Labute approximate surface area is 124 Å². The van der Waals surface area contributed by atoms with Gasteiger partial charge in [0.25, 0.3) is 0 Å². The number of fused-ring (bicyclic) bond motifs is 1. The molecule has 0 saturated heterocycles. The largest absolute Gasteiger partial charge is 0.478 e. The number of imidazole rings is 1. The van der Waals surface area contributed by atoms with Crippen molar-refractivity contribution in [2.75, 3.05) is 0 Å². The van der Waals surface area contributed by atoms with E-state index < -0.39 is 5.97 Å². The third kappa shape index (κ3) is 2.55. The maximum Gasteiger partial charge on any atom is 0.337 e. The molecule has 1 aromatic carbocycles. The molecule has 1 heterocycles. The Balaban J connectivity index is 2.17. The van der Waals surface area contributed by atoms with Crippen molar-refractivity contribution in [1.82, 2.24) is 9.55 Å². The summed E-state index contributed by atoms with van der Waals surface area (Å²) in [5, 5.41) is 9.47. The van der Waals surface area contributed by atoms with Crippen LogP contribution in [-0.2, 0) is 6.54 Å². The monoisotopic (exact) mass is 286 g/mol. The molecule has 4 nitrogen and oxygen atoms in total. The highest BCUT2D eigenvalue weighted by Crippen LogP contribution is 2.41. The standard InChI is InChI=1S/C17H22N2O2/c1-10(2)11(3)9-19-15-13(17(20)21)5-4-6-14(15)18-16(19)12-7-8-12/h4-6,10-12H,7-9H2,1-3H3,(H,20,21). The minimum absolute atomic E-state index is 0.364. The van der Waals surface area contributed by atoms with Gasteiger partial charge < -0.3 is 9.67 Å². The summed E-state index contributed by atoms with van der Waals surface area (Å²) in [5.74, 6) is 1.76. The van der Waals surface area contributed by atoms with Gasteiger partial charge in [-0.25, -0.2) is 9.78 Å². The van der Waals surface area contributed by atoms with E-state index in [-0.39, 0.29) is 0 Å². The zero-order valence-corrected chi connectivity index (χ0v) is 12.8. The number of rotatable bonds is 5. The highest BCUT2D eigenvalue weighted by Gasteiger charge is 2.31. The molecular weight excluding hydrogens is 264 g/mol. The first kappa shape index (κ1) is 14.1. The highest BCUT2D eigenvalue weighted by atomic mass is 16.4. The number of hydrogen-bond acceptors (Lipinski definition) is 2. The second-order valence-corrected chi connectivity index (χ2v) is 6.55. The fourth-order valence-corrected chi connectivity index (χ4v) is 2.71. The predicted octanol–water partition coefficient (Wildman–Crippen LogP) is 3.90. The van der Waals surface area contributed by atoms with Gasteiger partial charge in [0, 0.05) is 12.5 Å². The Morgan fingerprint density at radius 1 is 1.38 bits per heavy atom. The maximum atomic E-state index is 11.5. The summed E-state index contributed by atoms with van der Waals surface area (Å²) in [5.41, 5.74) is 1.97. The second-order valence-electron chi connectivity index (χ2n) is 6.55. The van der Waals surface area contributed by atoms with Gasteiger partial charge in [-0.15, -0.1) is 0 Å². The normalized spacial score (nSPS) is 16.6. The van der Waals surface area contributed by atoms with Gasteiger partial charge in [0.1, 0.15) is 5.82 Å². The Kier molecular flexibility index (Phi) is 3.47. The lowest BCUT2D eigenvalue weighted by atomic mass is 9.98. The lowest BCUT2D eigenvalue weighted by molar-refractivity contribution is 0.0698. The van der Waals surface area contributed by atoms with E-state index in [4.69, 9.17) is 4.98 Å². The molecule has 0 bridgehead atoms. The number of carboxylic acids is 1. The van der Waals surface area contributed by atoms with Gasteiger partial charge >= 0.3 is 5.97 Å². The molecule has 0 aliphatic heterocycles. The van der Waals surface area contributed by atoms with Crippen LogP contribution in [-0.4, -0.2) is 20.6 Å². The zero-order valence-electron chi connectivity index (χ0n) is 12.8. The molecule has 21 heavy (non-hydrogen) atoms. The molecule has 0 radical (unpaired) electrons.